The first-order chi connectivity index (χ1) is 30.7. The number of fused-ring (bicyclic) bond motifs is 14. The van der Waals surface area contributed by atoms with Gasteiger partial charge in [0, 0.05) is 79.3 Å². The normalized spacial score (nSPS) is 14.2. The van der Waals surface area contributed by atoms with Gasteiger partial charge in [-0.15, -0.1) is 22.7 Å². The number of benzene rings is 8. The van der Waals surface area contributed by atoms with E-state index in [1.807, 2.05) is 22.7 Å². The zero-order valence-corrected chi connectivity index (χ0v) is 39.4. The van der Waals surface area contributed by atoms with Crippen molar-refractivity contribution in [1.29, 1.82) is 0 Å². The van der Waals surface area contributed by atoms with Crippen LogP contribution in [-0.4, -0.2) is 11.8 Å². The minimum absolute atomic E-state index is 0.0624. The van der Waals surface area contributed by atoms with Crippen LogP contribution < -0.4 is 16.2 Å². The summed E-state index contributed by atoms with van der Waals surface area (Å²) in [6, 6.07) is 54.1. The first-order valence-electron chi connectivity index (χ1n) is 22.8. The second kappa shape index (κ2) is 13.0. The first-order valence-corrected chi connectivity index (χ1v) is 24.4. The topological polar surface area (TPSA) is 17.0 Å². The van der Waals surface area contributed by atoms with Gasteiger partial charge in [-0.25, -0.2) is 0 Å². The van der Waals surface area contributed by atoms with Gasteiger partial charge in [0.15, 0.2) is 7.28 Å². The van der Waals surface area contributed by atoms with Crippen LogP contribution in [0.15, 0.2) is 140 Å². The molecule has 0 fully saturated rings. The van der Waals surface area contributed by atoms with Crippen LogP contribution in [-0.2, 0) is 16.2 Å². The number of aromatic nitrogens is 1. The molecule has 0 saturated carbocycles. The molecule has 0 amide bonds. The summed E-state index contributed by atoms with van der Waals surface area (Å²) in [6.45, 7) is 18.7. The van der Waals surface area contributed by atoms with Gasteiger partial charge in [-0.1, -0.05) is 146 Å². The Kier molecular flexibility index (Phi) is 7.78. The SMILES string of the molecule is CC(C)(C)c1ccc(Nc2cc3c(cc2-c2ccc4c5cc6c(cc5n5c4c2Bc2cc4c(cc2-5)sc2ccccc24)sc2ccccc26)-c2ccc(C(C)(C)C)cc2C3(C)C)cc1. The van der Waals surface area contributed by atoms with Gasteiger partial charge in [0.2, 0.25) is 0 Å². The molecule has 1 aliphatic carbocycles. The summed E-state index contributed by atoms with van der Waals surface area (Å²) in [7, 11) is 0.851. The van der Waals surface area contributed by atoms with Crippen LogP contribution in [0.25, 0.3) is 90.1 Å². The number of nitrogens with one attached hydrogen (secondary N) is 1. The molecule has 0 radical (unpaired) electrons. The number of rotatable bonds is 3. The highest BCUT2D eigenvalue weighted by Crippen LogP contribution is 2.53. The van der Waals surface area contributed by atoms with Crippen LogP contribution in [0.5, 0.6) is 0 Å². The predicted molar refractivity (Wildman–Crippen MR) is 283 cm³/mol. The van der Waals surface area contributed by atoms with Gasteiger partial charge >= 0.3 is 0 Å². The number of nitrogens with zero attached hydrogens (tertiary/aromatic N) is 1. The van der Waals surface area contributed by atoms with Crippen molar-refractivity contribution in [3.63, 3.8) is 0 Å². The van der Waals surface area contributed by atoms with E-state index in [9.17, 15) is 0 Å². The second-order valence-electron chi connectivity index (χ2n) is 21.1. The fourth-order valence-corrected chi connectivity index (χ4v) is 13.4. The zero-order chi connectivity index (χ0) is 43.6. The van der Waals surface area contributed by atoms with Gasteiger partial charge in [-0.05, 0) is 115 Å². The minimum Gasteiger partial charge on any atom is -0.355 e. The Morgan fingerprint density at radius 1 is 0.500 bits per heavy atom. The molecular formula is C59H49BN2S2. The van der Waals surface area contributed by atoms with Gasteiger partial charge < -0.3 is 9.88 Å². The molecule has 2 aliphatic rings. The van der Waals surface area contributed by atoms with Crippen molar-refractivity contribution in [2.75, 3.05) is 5.32 Å². The van der Waals surface area contributed by atoms with Gasteiger partial charge in [-0.2, -0.15) is 0 Å². The molecule has 0 spiro atoms. The van der Waals surface area contributed by atoms with Crippen LogP contribution in [0.1, 0.15) is 77.6 Å². The quantitative estimate of drug-likeness (QED) is 0.175. The van der Waals surface area contributed by atoms with Crippen molar-refractivity contribution in [3.05, 3.63) is 162 Å². The van der Waals surface area contributed by atoms with E-state index in [4.69, 9.17) is 0 Å². The van der Waals surface area contributed by atoms with Crippen molar-refractivity contribution in [2.24, 2.45) is 0 Å². The summed E-state index contributed by atoms with van der Waals surface area (Å²) in [6.07, 6.45) is 0. The van der Waals surface area contributed by atoms with Crippen molar-refractivity contribution < 1.29 is 0 Å². The van der Waals surface area contributed by atoms with E-state index in [0.717, 1.165) is 18.7 Å². The summed E-state index contributed by atoms with van der Waals surface area (Å²) in [5.74, 6) is 0. The minimum atomic E-state index is -0.160. The van der Waals surface area contributed by atoms with Crippen LogP contribution >= 0.6 is 22.7 Å². The van der Waals surface area contributed by atoms with Crippen LogP contribution in [0.4, 0.5) is 11.4 Å². The van der Waals surface area contributed by atoms with E-state index in [-0.39, 0.29) is 16.2 Å². The van der Waals surface area contributed by atoms with Crippen molar-refractivity contribution in [3.8, 4) is 27.9 Å². The maximum atomic E-state index is 4.03. The summed E-state index contributed by atoms with van der Waals surface area (Å²) in [5, 5.41) is 12.1. The average Bonchev–Trinajstić information content (AvgIpc) is 3.98. The third-order valence-corrected chi connectivity index (χ3v) is 17.0. The van der Waals surface area contributed by atoms with Crippen LogP contribution in [0.2, 0.25) is 0 Å². The maximum Gasteiger partial charge on any atom is 0.198 e. The molecule has 11 aromatic rings. The summed E-state index contributed by atoms with van der Waals surface area (Å²) < 4.78 is 8.00. The standard InChI is InChI=1S/C59H49BN2S2/c1-57(2,3)32-17-20-34(21-18-32)61-48-29-46-40(35-22-19-33(58(4,5)6)25-45(35)59(46,7)8)26-41(48)38-23-24-39-42-27-43-36-13-9-11-15-51(36)63-53(43)30-49(42)62-50-31-54-44(28-47(50)60-55(38)56(39)62)37-14-10-12-16-52(37)64-54/h9-31,60-61H,1-8H3. The third-order valence-electron chi connectivity index (χ3n) is 14.7. The number of hydrogen-bond acceptors (Lipinski definition) is 3. The summed E-state index contributed by atoms with van der Waals surface area (Å²) in [5.41, 5.74) is 19.6. The lowest BCUT2D eigenvalue weighted by Gasteiger charge is -2.27. The highest BCUT2D eigenvalue weighted by atomic mass is 32.1. The van der Waals surface area contributed by atoms with E-state index >= 15 is 0 Å². The molecule has 4 heterocycles. The Labute approximate surface area is 383 Å². The van der Waals surface area contributed by atoms with Crippen LogP contribution in [0.3, 0.4) is 0 Å². The van der Waals surface area contributed by atoms with Crippen molar-refractivity contribution in [2.45, 2.75) is 71.6 Å². The van der Waals surface area contributed by atoms with Crippen molar-refractivity contribution >= 4 is 114 Å². The maximum absolute atomic E-state index is 4.03. The second-order valence-corrected chi connectivity index (χ2v) is 23.2. The lowest BCUT2D eigenvalue weighted by atomic mass is 9.59. The molecule has 1 N–H and O–H groups in total. The number of anilines is 2. The highest BCUT2D eigenvalue weighted by Gasteiger charge is 2.38. The molecule has 0 atom stereocenters. The average molecular weight is 861 g/mol. The molecule has 2 nitrogen and oxygen atoms in total. The number of hydrogen-bond donors (Lipinski definition) is 1. The Balaban J connectivity index is 1.10. The van der Waals surface area contributed by atoms with E-state index in [0.29, 0.717) is 0 Å². The van der Waals surface area contributed by atoms with Gasteiger partial charge in [0.25, 0.3) is 0 Å². The van der Waals surface area contributed by atoms with Gasteiger partial charge in [-0.3, -0.25) is 0 Å². The molecule has 1 aliphatic heterocycles. The fraction of sp³-hybridized carbons (Fsp3) is 0.186. The smallest absolute Gasteiger partial charge is 0.198 e. The largest absolute Gasteiger partial charge is 0.355 e. The molecule has 13 rings (SSSR count). The predicted octanol–water partition coefficient (Wildman–Crippen LogP) is 15.5. The van der Waals surface area contributed by atoms with Gasteiger partial charge in [0.05, 0.1) is 5.52 Å². The van der Waals surface area contributed by atoms with Gasteiger partial charge in [0.1, 0.15) is 0 Å². The van der Waals surface area contributed by atoms with Crippen LogP contribution in [0, 0.1) is 0 Å². The molecule has 8 aromatic carbocycles. The molecule has 0 bridgehead atoms. The fourth-order valence-electron chi connectivity index (χ4n) is 11.2. The molecule has 0 saturated heterocycles. The molecule has 64 heavy (non-hydrogen) atoms. The molecule has 5 heteroatoms. The monoisotopic (exact) mass is 860 g/mol. The third kappa shape index (κ3) is 5.44. The Hall–Kier alpha value is -6.14. The Morgan fingerprint density at radius 2 is 1.12 bits per heavy atom. The van der Waals surface area contributed by atoms with Crippen molar-refractivity contribution in [1.82, 2.24) is 4.57 Å². The number of thiophene rings is 2. The Bertz CT molecular complexity index is 3820. The molecule has 310 valence electrons. The highest BCUT2D eigenvalue weighted by molar-refractivity contribution is 7.26. The van der Waals surface area contributed by atoms with E-state index in [2.05, 4.69) is 205 Å². The molecular weight excluding hydrogens is 812 g/mol. The molecule has 0 unspecified atom stereocenters. The van der Waals surface area contributed by atoms with E-state index in [1.165, 1.54) is 123 Å². The Morgan fingerprint density at radius 3 is 1.83 bits per heavy atom. The first kappa shape index (κ1) is 38.3. The van der Waals surface area contributed by atoms with E-state index < -0.39 is 0 Å². The summed E-state index contributed by atoms with van der Waals surface area (Å²) >= 11 is 3.82. The lowest BCUT2D eigenvalue weighted by molar-refractivity contribution is 0.584. The molecule has 3 aromatic heterocycles. The zero-order valence-electron chi connectivity index (χ0n) is 37.7. The van der Waals surface area contributed by atoms with E-state index in [1.54, 1.807) is 0 Å². The summed E-state index contributed by atoms with van der Waals surface area (Å²) in [4.78, 5) is 0. The lowest BCUT2D eigenvalue weighted by Crippen LogP contribution is -2.37.